The van der Waals surface area contributed by atoms with E-state index in [2.05, 4.69) is 21.2 Å². The molecule has 4 N–H and O–H groups in total. The van der Waals surface area contributed by atoms with Crippen LogP contribution >= 0.6 is 15.9 Å². The topological polar surface area (TPSA) is 135 Å². The quantitative estimate of drug-likeness (QED) is 0.657. The minimum Gasteiger partial charge on any atom is -0.306 e. The first-order valence-corrected chi connectivity index (χ1v) is 10.5. The highest BCUT2D eigenvalue weighted by molar-refractivity contribution is 9.10. The molecule has 0 unspecified atom stereocenters. The van der Waals surface area contributed by atoms with Crippen molar-refractivity contribution >= 4 is 47.7 Å². The number of carbonyl (C=O) groups excluding carboxylic acids is 1. The first-order valence-electron chi connectivity index (χ1n) is 6.72. The van der Waals surface area contributed by atoms with Gasteiger partial charge in [-0.3, -0.25) is 0 Å². The number of hydrogen-bond donors (Lipinski definition) is 3. The summed E-state index contributed by atoms with van der Waals surface area (Å²) in [5.74, 6) is 0. The number of nitrogens with two attached hydrogens (primary N) is 1. The molecule has 2 aromatic rings. The maximum atomic E-state index is 12.1. The summed E-state index contributed by atoms with van der Waals surface area (Å²) >= 11 is 3.09. The van der Waals surface area contributed by atoms with Crippen LogP contribution in [-0.2, 0) is 20.0 Å². The van der Waals surface area contributed by atoms with Crippen molar-refractivity contribution in [3.8, 4) is 0 Å². The van der Waals surface area contributed by atoms with Crippen molar-refractivity contribution in [1.29, 1.82) is 0 Å². The number of primary sulfonamides is 1. The number of benzene rings is 2. The van der Waals surface area contributed by atoms with Crippen LogP contribution in [0.2, 0.25) is 0 Å². The minimum absolute atomic E-state index is 0.0584. The van der Waals surface area contributed by atoms with Crippen molar-refractivity contribution in [1.82, 2.24) is 4.72 Å². The van der Waals surface area contributed by atoms with Crippen LogP contribution in [0.15, 0.2) is 56.7 Å². The summed E-state index contributed by atoms with van der Waals surface area (Å²) in [7, 11) is -7.93. The second kappa shape index (κ2) is 7.12. The molecule has 0 aromatic heterocycles. The summed E-state index contributed by atoms with van der Waals surface area (Å²) in [6.45, 7) is 1.80. The lowest BCUT2D eigenvalue weighted by atomic mass is 10.2. The molecule has 134 valence electrons. The van der Waals surface area contributed by atoms with E-state index in [0.29, 0.717) is 0 Å². The standard InChI is InChI=1S/C14H14BrN3O5S2/c1-9-2-4-10(5-3-9)25(22,23)18-14(19)17-13-7-6-11(8-12(13)15)24(16,20)21/h2-8H,1H3,(H2,16,20,21)(H2,17,18,19). The van der Waals surface area contributed by atoms with E-state index in [1.54, 1.807) is 19.1 Å². The third-order valence-electron chi connectivity index (χ3n) is 3.08. The molecule has 0 atom stereocenters. The molecule has 0 heterocycles. The van der Waals surface area contributed by atoms with Crippen LogP contribution in [0.5, 0.6) is 0 Å². The van der Waals surface area contributed by atoms with Gasteiger partial charge in [0.25, 0.3) is 10.0 Å². The van der Waals surface area contributed by atoms with Crippen LogP contribution in [0.4, 0.5) is 10.5 Å². The van der Waals surface area contributed by atoms with E-state index in [1.807, 2.05) is 4.72 Å². The molecule has 0 spiro atoms. The van der Waals surface area contributed by atoms with Gasteiger partial charge < -0.3 is 5.32 Å². The van der Waals surface area contributed by atoms with Crippen LogP contribution in [0.3, 0.4) is 0 Å². The highest BCUT2D eigenvalue weighted by Gasteiger charge is 2.18. The van der Waals surface area contributed by atoms with Crippen molar-refractivity contribution < 1.29 is 21.6 Å². The largest absolute Gasteiger partial charge is 0.333 e. The Balaban J connectivity index is 2.16. The highest BCUT2D eigenvalue weighted by Crippen LogP contribution is 2.25. The molecule has 0 saturated carbocycles. The smallest absolute Gasteiger partial charge is 0.306 e. The molecule has 25 heavy (non-hydrogen) atoms. The van der Waals surface area contributed by atoms with E-state index in [0.717, 1.165) is 5.56 Å². The molecule has 11 heteroatoms. The Kier molecular flexibility index (Phi) is 5.52. The lowest BCUT2D eigenvalue weighted by Gasteiger charge is -2.11. The molecule has 2 aromatic carbocycles. The molecule has 0 aliphatic carbocycles. The maximum Gasteiger partial charge on any atom is 0.333 e. The summed E-state index contributed by atoms with van der Waals surface area (Å²) in [6.07, 6.45) is 0. The van der Waals surface area contributed by atoms with Crippen molar-refractivity contribution in [3.05, 3.63) is 52.5 Å². The second-order valence-electron chi connectivity index (χ2n) is 5.06. The summed E-state index contributed by atoms with van der Waals surface area (Å²) in [4.78, 5) is 11.7. The van der Waals surface area contributed by atoms with Gasteiger partial charge in [-0.1, -0.05) is 17.7 Å². The fourth-order valence-corrected chi connectivity index (χ4v) is 3.90. The number of carbonyl (C=O) groups is 1. The van der Waals surface area contributed by atoms with E-state index in [1.165, 1.54) is 30.3 Å². The molecule has 2 amide bonds. The van der Waals surface area contributed by atoms with Gasteiger partial charge in [0.2, 0.25) is 10.0 Å². The van der Waals surface area contributed by atoms with Crippen molar-refractivity contribution in [2.45, 2.75) is 16.7 Å². The monoisotopic (exact) mass is 447 g/mol. The molecule has 0 aliphatic rings. The van der Waals surface area contributed by atoms with Gasteiger partial charge in [0.1, 0.15) is 0 Å². The van der Waals surface area contributed by atoms with Gasteiger partial charge >= 0.3 is 6.03 Å². The molecule has 0 aliphatic heterocycles. The Morgan fingerprint density at radius 2 is 1.56 bits per heavy atom. The van der Waals surface area contributed by atoms with Gasteiger partial charge in [0.05, 0.1) is 15.5 Å². The van der Waals surface area contributed by atoms with Gasteiger partial charge in [-0.05, 0) is 53.2 Å². The average molecular weight is 448 g/mol. The number of nitrogens with one attached hydrogen (secondary N) is 2. The Hall–Kier alpha value is -1.95. The molecular formula is C14H14BrN3O5S2. The molecule has 8 nitrogen and oxygen atoms in total. The number of sulfonamides is 2. The van der Waals surface area contributed by atoms with Crippen molar-refractivity contribution in [2.75, 3.05) is 5.32 Å². The third kappa shape index (κ3) is 5.01. The van der Waals surface area contributed by atoms with Crippen LogP contribution in [0.1, 0.15) is 5.56 Å². The Morgan fingerprint density at radius 1 is 1.00 bits per heavy atom. The summed E-state index contributed by atoms with van der Waals surface area (Å²) in [5.41, 5.74) is 1.05. The predicted molar refractivity (Wildman–Crippen MR) is 96.0 cm³/mol. The average Bonchev–Trinajstić information content (AvgIpc) is 2.48. The Labute approximate surface area is 153 Å². The second-order valence-corrected chi connectivity index (χ2v) is 9.16. The number of aryl methyl sites for hydroxylation is 1. The molecule has 0 radical (unpaired) electrons. The van der Waals surface area contributed by atoms with Gasteiger partial charge in [-0.2, -0.15) is 0 Å². The molecule has 0 fully saturated rings. The highest BCUT2D eigenvalue weighted by atomic mass is 79.9. The summed E-state index contributed by atoms with van der Waals surface area (Å²) < 4.78 is 48.9. The third-order valence-corrected chi connectivity index (χ3v) is 5.99. The number of amides is 2. The summed E-state index contributed by atoms with van der Waals surface area (Å²) in [5, 5.41) is 7.32. The van der Waals surface area contributed by atoms with Gasteiger partial charge in [-0.25, -0.2) is 31.5 Å². The zero-order valence-electron chi connectivity index (χ0n) is 12.9. The lowest BCUT2D eigenvalue weighted by Crippen LogP contribution is -2.34. The van der Waals surface area contributed by atoms with Gasteiger partial charge in [0, 0.05) is 4.47 Å². The SMILES string of the molecule is Cc1ccc(S(=O)(=O)NC(=O)Nc2ccc(S(N)(=O)=O)cc2Br)cc1. The van der Waals surface area contributed by atoms with Crippen LogP contribution in [0.25, 0.3) is 0 Å². The number of rotatable bonds is 4. The van der Waals surface area contributed by atoms with Crippen molar-refractivity contribution in [3.63, 3.8) is 0 Å². The zero-order chi connectivity index (χ0) is 18.8. The van der Waals surface area contributed by atoms with Gasteiger partial charge in [0.15, 0.2) is 0 Å². The zero-order valence-corrected chi connectivity index (χ0v) is 16.1. The molecule has 0 bridgehead atoms. The molecule has 0 saturated heterocycles. The molecule has 2 rings (SSSR count). The lowest BCUT2D eigenvalue weighted by molar-refractivity contribution is 0.256. The Bertz CT molecular complexity index is 1020. The van der Waals surface area contributed by atoms with Crippen molar-refractivity contribution in [2.24, 2.45) is 5.14 Å². The normalized spacial score (nSPS) is 11.8. The van der Waals surface area contributed by atoms with E-state index in [9.17, 15) is 21.6 Å². The van der Waals surface area contributed by atoms with E-state index < -0.39 is 26.1 Å². The number of halogens is 1. The number of anilines is 1. The molecular weight excluding hydrogens is 434 g/mol. The van der Waals surface area contributed by atoms with E-state index >= 15 is 0 Å². The summed E-state index contributed by atoms with van der Waals surface area (Å²) in [6, 6.07) is 8.63. The number of urea groups is 1. The van der Waals surface area contributed by atoms with E-state index in [4.69, 9.17) is 5.14 Å². The fourth-order valence-electron chi connectivity index (χ4n) is 1.82. The fraction of sp³-hybridized carbons (Fsp3) is 0.0714. The van der Waals surface area contributed by atoms with E-state index in [-0.39, 0.29) is 20.0 Å². The minimum atomic E-state index is -4.03. The maximum absolute atomic E-state index is 12.1. The van der Waals surface area contributed by atoms with Gasteiger partial charge in [-0.15, -0.1) is 0 Å². The Morgan fingerprint density at radius 3 is 2.08 bits per heavy atom. The number of hydrogen-bond acceptors (Lipinski definition) is 5. The first kappa shape index (κ1) is 19.4. The van der Waals surface area contributed by atoms with Crippen LogP contribution in [0, 0.1) is 6.92 Å². The van der Waals surface area contributed by atoms with Crippen LogP contribution in [-0.4, -0.2) is 22.9 Å². The van der Waals surface area contributed by atoms with Crippen LogP contribution < -0.4 is 15.2 Å². The predicted octanol–water partition coefficient (Wildman–Crippen LogP) is 1.92. The first-order chi connectivity index (χ1) is 11.5.